The number of rotatable bonds is 4. The molecule has 162 valence electrons. The van der Waals surface area contributed by atoms with Gasteiger partial charge in [0.15, 0.2) is 0 Å². The maximum atomic E-state index is 6.00. The largest absolute Gasteiger partial charge is 0.494 e. The number of anilines is 2. The summed E-state index contributed by atoms with van der Waals surface area (Å²) in [5.74, 6) is 0.817. The normalized spacial score (nSPS) is 13.2. The molecule has 0 unspecified atom stereocenters. The number of hydrogen-bond donors (Lipinski definition) is 1. The summed E-state index contributed by atoms with van der Waals surface area (Å²) in [6, 6.07) is 22.8. The van der Waals surface area contributed by atoms with Gasteiger partial charge in [-0.2, -0.15) is 5.10 Å². The van der Waals surface area contributed by atoms with Gasteiger partial charge < -0.3 is 15.4 Å². The lowest BCUT2D eigenvalue weighted by atomic mass is 9.99. The molecule has 4 aromatic rings. The summed E-state index contributed by atoms with van der Waals surface area (Å²) in [6.45, 7) is 6.04. The van der Waals surface area contributed by atoms with E-state index in [2.05, 4.69) is 65.9 Å². The quantitative estimate of drug-likeness (QED) is 0.451. The predicted molar refractivity (Wildman–Crippen MR) is 131 cm³/mol. The van der Waals surface area contributed by atoms with Crippen LogP contribution in [0.1, 0.15) is 22.4 Å². The first-order valence-electron chi connectivity index (χ1n) is 11.0. The minimum absolute atomic E-state index is 0.753. The van der Waals surface area contributed by atoms with Crippen LogP contribution >= 0.6 is 0 Å². The number of fused-ring (bicyclic) bond motifs is 1. The third kappa shape index (κ3) is 3.40. The van der Waals surface area contributed by atoms with E-state index in [9.17, 15) is 0 Å². The molecule has 1 aliphatic heterocycles. The van der Waals surface area contributed by atoms with Crippen LogP contribution < -0.4 is 15.4 Å². The number of nitrogens with two attached hydrogens (primary N) is 1. The van der Waals surface area contributed by atoms with Gasteiger partial charge in [-0.3, -0.25) is 0 Å². The van der Waals surface area contributed by atoms with E-state index in [4.69, 9.17) is 15.6 Å². The first-order chi connectivity index (χ1) is 15.6. The van der Waals surface area contributed by atoms with E-state index < -0.39 is 0 Å². The molecular formula is C27H28N4O. The van der Waals surface area contributed by atoms with Crippen molar-refractivity contribution >= 4 is 11.4 Å². The molecule has 1 aliphatic rings. The van der Waals surface area contributed by atoms with E-state index in [1.165, 1.54) is 16.8 Å². The van der Waals surface area contributed by atoms with E-state index in [0.717, 1.165) is 59.1 Å². The highest BCUT2D eigenvalue weighted by atomic mass is 16.5. The lowest BCUT2D eigenvalue weighted by Crippen LogP contribution is -2.30. The highest BCUT2D eigenvalue weighted by Gasteiger charge is 2.28. The van der Waals surface area contributed by atoms with Gasteiger partial charge in [-0.05, 0) is 49.2 Å². The molecule has 5 heteroatoms. The Bertz CT molecular complexity index is 1270. The third-order valence-corrected chi connectivity index (χ3v) is 6.31. The minimum Gasteiger partial charge on any atom is -0.494 e. The lowest BCUT2D eigenvalue weighted by molar-refractivity contribution is 0.411. The summed E-state index contributed by atoms with van der Waals surface area (Å²) in [7, 11) is 1.71. The molecule has 2 heterocycles. The zero-order valence-electron chi connectivity index (χ0n) is 18.8. The topological polar surface area (TPSA) is 56.3 Å². The van der Waals surface area contributed by atoms with E-state index in [1.807, 2.05) is 24.3 Å². The Morgan fingerprint density at radius 2 is 1.66 bits per heavy atom. The summed E-state index contributed by atoms with van der Waals surface area (Å²) in [6.07, 6.45) is 0.896. The molecule has 0 amide bonds. The van der Waals surface area contributed by atoms with Crippen LogP contribution in [0.25, 0.3) is 16.9 Å². The van der Waals surface area contributed by atoms with E-state index >= 15 is 0 Å². The van der Waals surface area contributed by atoms with Gasteiger partial charge in [0.2, 0.25) is 0 Å². The summed E-state index contributed by atoms with van der Waals surface area (Å²) in [5.41, 5.74) is 16.0. The molecule has 0 saturated carbocycles. The Kier molecular flexibility index (Phi) is 5.10. The second-order valence-corrected chi connectivity index (χ2v) is 8.39. The van der Waals surface area contributed by atoms with Crippen molar-refractivity contribution < 1.29 is 4.74 Å². The maximum absolute atomic E-state index is 6.00. The molecule has 0 fully saturated rings. The molecule has 5 rings (SSSR count). The number of methoxy groups -OCH3 is 1. The van der Waals surface area contributed by atoms with E-state index in [-0.39, 0.29) is 0 Å². The van der Waals surface area contributed by atoms with Crippen molar-refractivity contribution in [2.45, 2.75) is 26.8 Å². The van der Waals surface area contributed by atoms with E-state index in [1.54, 1.807) is 7.11 Å². The van der Waals surface area contributed by atoms with Crippen LogP contribution in [0.5, 0.6) is 5.75 Å². The van der Waals surface area contributed by atoms with E-state index in [0.29, 0.717) is 0 Å². The van der Waals surface area contributed by atoms with Crippen molar-refractivity contribution in [2.24, 2.45) is 0 Å². The Labute approximate surface area is 189 Å². The molecule has 3 aromatic carbocycles. The Morgan fingerprint density at radius 3 is 2.41 bits per heavy atom. The van der Waals surface area contributed by atoms with Gasteiger partial charge in [0.05, 0.1) is 18.5 Å². The monoisotopic (exact) mass is 424 g/mol. The molecule has 0 bridgehead atoms. The van der Waals surface area contributed by atoms with Gasteiger partial charge >= 0.3 is 0 Å². The lowest BCUT2D eigenvalue weighted by Gasteiger charge is -2.30. The molecular weight excluding hydrogens is 396 g/mol. The summed E-state index contributed by atoms with van der Waals surface area (Å²) < 4.78 is 7.81. The molecule has 5 nitrogen and oxygen atoms in total. The van der Waals surface area contributed by atoms with Crippen LogP contribution in [-0.4, -0.2) is 23.4 Å². The maximum Gasteiger partial charge on any atom is 0.144 e. The van der Waals surface area contributed by atoms with Crippen LogP contribution in [0.15, 0.2) is 66.7 Å². The molecule has 2 N–H and O–H groups in total. The van der Waals surface area contributed by atoms with Crippen molar-refractivity contribution in [2.75, 3.05) is 24.3 Å². The number of benzene rings is 3. The highest BCUT2D eigenvalue weighted by molar-refractivity contribution is 5.72. The smallest absolute Gasteiger partial charge is 0.144 e. The van der Waals surface area contributed by atoms with Gasteiger partial charge in [0.1, 0.15) is 11.4 Å². The SMILES string of the molecule is COc1cccc(C)c1-n1nc2c(c1-c1ccc(N)cc1)CN(c1ccccc1C)CC2. The number of aromatic nitrogens is 2. The zero-order valence-corrected chi connectivity index (χ0v) is 18.8. The molecule has 0 radical (unpaired) electrons. The van der Waals surface area contributed by atoms with Crippen LogP contribution in [0, 0.1) is 13.8 Å². The number of aryl methyl sites for hydroxylation is 2. The van der Waals surface area contributed by atoms with Gasteiger partial charge in [0, 0.05) is 42.0 Å². The van der Waals surface area contributed by atoms with Crippen molar-refractivity contribution in [3.63, 3.8) is 0 Å². The minimum atomic E-state index is 0.753. The van der Waals surface area contributed by atoms with Gasteiger partial charge in [-0.1, -0.05) is 42.5 Å². The summed E-state index contributed by atoms with van der Waals surface area (Å²) in [4.78, 5) is 2.46. The second-order valence-electron chi connectivity index (χ2n) is 8.39. The average Bonchev–Trinajstić information content (AvgIpc) is 3.18. The molecule has 1 aromatic heterocycles. The number of para-hydroxylation sites is 2. The highest BCUT2D eigenvalue weighted by Crippen LogP contribution is 2.38. The standard InChI is InChI=1S/C27H28N4O/c1-18-7-4-5-9-24(18)30-16-15-23-22(17-30)27(20-11-13-21(28)14-12-20)31(29-23)26-19(2)8-6-10-25(26)32-3/h4-14H,15-17,28H2,1-3H3. The predicted octanol–water partition coefficient (Wildman–Crippen LogP) is 5.31. The number of hydrogen-bond acceptors (Lipinski definition) is 4. The first-order valence-corrected chi connectivity index (χ1v) is 11.0. The third-order valence-electron chi connectivity index (χ3n) is 6.31. The Balaban J connectivity index is 1.71. The Hall–Kier alpha value is -3.73. The van der Waals surface area contributed by atoms with Crippen LogP contribution in [0.2, 0.25) is 0 Å². The molecule has 0 atom stereocenters. The average molecular weight is 425 g/mol. The first kappa shape index (κ1) is 20.2. The molecule has 0 aliphatic carbocycles. The second kappa shape index (κ2) is 8.08. The van der Waals surface area contributed by atoms with Gasteiger partial charge in [-0.25, -0.2) is 4.68 Å². The fraction of sp³-hybridized carbons (Fsp3) is 0.222. The molecule has 0 spiro atoms. The number of ether oxygens (including phenoxy) is 1. The molecule has 32 heavy (non-hydrogen) atoms. The Morgan fingerprint density at radius 1 is 0.906 bits per heavy atom. The summed E-state index contributed by atoms with van der Waals surface area (Å²) in [5, 5.41) is 5.12. The van der Waals surface area contributed by atoms with Crippen LogP contribution in [-0.2, 0) is 13.0 Å². The fourth-order valence-electron chi connectivity index (χ4n) is 4.66. The summed E-state index contributed by atoms with van der Waals surface area (Å²) >= 11 is 0. The zero-order chi connectivity index (χ0) is 22.2. The number of nitrogen functional groups attached to an aromatic ring is 1. The van der Waals surface area contributed by atoms with Gasteiger partial charge in [-0.15, -0.1) is 0 Å². The van der Waals surface area contributed by atoms with Crippen LogP contribution in [0.4, 0.5) is 11.4 Å². The van der Waals surface area contributed by atoms with Gasteiger partial charge in [0.25, 0.3) is 0 Å². The van der Waals surface area contributed by atoms with Crippen molar-refractivity contribution in [3.05, 3.63) is 89.1 Å². The number of nitrogens with zero attached hydrogens (tertiary/aromatic N) is 3. The van der Waals surface area contributed by atoms with Crippen molar-refractivity contribution in [1.82, 2.24) is 9.78 Å². The van der Waals surface area contributed by atoms with Crippen molar-refractivity contribution in [1.29, 1.82) is 0 Å². The molecule has 0 saturated heterocycles. The van der Waals surface area contributed by atoms with Crippen LogP contribution in [0.3, 0.4) is 0 Å². The fourth-order valence-corrected chi connectivity index (χ4v) is 4.66. The van der Waals surface area contributed by atoms with Crippen molar-refractivity contribution in [3.8, 4) is 22.7 Å².